The van der Waals surface area contributed by atoms with Crippen LogP contribution in [-0.4, -0.2) is 63.4 Å². The monoisotopic (exact) mass is 433 g/mol. The lowest BCUT2D eigenvalue weighted by atomic mass is 10.1. The van der Waals surface area contributed by atoms with Gasteiger partial charge in [-0.15, -0.1) is 0 Å². The number of benzene rings is 1. The smallest absolute Gasteiger partial charge is 0.260 e. The molecule has 0 N–H and O–H groups in total. The maximum absolute atomic E-state index is 13.1. The third kappa shape index (κ3) is 4.45. The predicted octanol–water partition coefficient (Wildman–Crippen LogP) is 3.55. The van der Waals surface area contributed by atoms with Gasteiger partial charge >= 0.3 is 0 Å². The molecule has 166 valence electrons. The number of ether oxygens (including phenoxy) is 2. The zero-order valence-corrected chi connectivity index (χ0v) is 18.2. The summed E-state index contributed by atoms with van der Waals surface area (Å²) >= 11 is 0. The van der Waals surface area contributed by atoms with Crippen molar-refractivity contribution < 1.29 is 14.3 Å². The Kier molecular flexibility index (Phi) is 5.77. The van der Waals surface area contributed by atoms with Crippen LogP contribution < -0.4 is 9.47 Å². The Hall–Kier alpha value is -3.39. The minimum absolute atomic E-state index is 0.0144. The van der Waals surface area contributed by atoms with E-state index in [1.807, 2.05) is 25.4 Å². The molecule has 0 saturated carbocycles. The lowest BCUT2D eigenvalue weighted by Crippen LogP contribution is -2.44. The molecule has 0 unspecified atom stereocenters. The average molecular weight is 434 g/mol. The molecule has 0 aliphatic carbocycles. The summed E-state index contributed by atoms with van der Waals surface area (Å²) in [5.74, 6) is 1.81. The SMILES string of the molecule is Cn1cc(-c2cc(Oc3ccc4c(c3)C(=O)N(CCN3CCCCC3)CO4)ccn2)cn1. The molecule has 0 spiro atoms. The highest BCUT2D eigenvalue weighted by Crippen LogP contribution is 2.32. The number of hydrogen-bond acceptors (Lipinski definition) is 6. The van der Waals surface area contributed by atoms with Crippen LogP contribution >= 0.6 is 0 Å². The molecule has 2 aliphatic heterocycles. The fraction of sp³-hybridized carbons (Fsp3) is 0.375. The third-order valence-electron chi connectivity index (χ3n) is 5.95. The summed E-state index contributed by atoms with van der Waals surface area (Å²) in [6.45, 7) is 4.07. The van der Waals surface area contributed by atoms with Gasteiger partial charge in [0.25, 0.3) is 5.91 Å². The van der Waals surface area contributed by atoms with Crippen LogP contribution in [0.15, 0.2) is 48.9 Å². The van der Waals surface area contributed by atoms with Crippen molar-refractivity contribution in [2.24, 2.45) is 7.05 Å². The number of likely N-dealkylation sites (tertiary alicyclic amines) is 1. The number of amides is 1. The largest absolute Gasteiger partial charge is 0.472 e. The summed E-state index contributed by atoms with van der Waals surface area (Å²) in [4.78, 5) is 21.7. The van der Waals surface area contributed by atoms with Gasteiger partial charge in [0, 0.05) is 44.2 Å². The Morgan fingerprint density at radius 3 is 2.72 bits per heavy atom. The van der Waals surface area contributed by atoms with Crippen molar-refractivity contribution in [1.29, 1.82) is 0 Å². The number of fused-ring (bicyclic) bond motifs is 1. The van der Waals surface area contributed by atoms with E-state index in [1.54, 1.807) is 40.2 Å². The second kappa shape index (κ2) is 9.00. The van der Waals surface area contributed by atoms with Gasteiger partial charge < -0.3 is 19.3 Å². The summed E-state index contributed by atoms with van der Waals surface area (Å²) in [5.41, 5.74) is 2.22. The van der Waals surface area contributed by atoms with Crippen molar-refractivity contribution in [3.05, 3.63) is 54.5 Å². The topological polar surface area (TPSA) is 72.7 Å². The molecule has 0 bridgehead atoms. The minimum atomic E-state index is -0.0144. The number of nitrogens with zero attached hydrogens (tertiary/aromatic N) is 5. The van der Waals surface area contributed by atoms with Crippen LogP contribution in [0.5, 0.6) is 17.2 Å². The minimum Gasteiger partial charge on any atom is -0.472 e. The van der Waals surface area contributed by atoms with Gasteiger partial charge in [0.1, 0.15) is 17.2 Å². The first-order valence-electron chi connectivity index (χ1n) is 11.1. The van der Waals surface area contributed by atoms with E-state index in [0.717, 1.165) is 30.9 Å². The normalized spacial score (nSPS) is 16.5. The van der Waals surface area contributed by atoms with Crippen LogP contribution in [0.3, 0.4) is 0 Å². The van der Waals surface area contributed by atoms with Crippen molar-refractivity contribution >= 4 is 5.91 Å². The maximum Gasteiger partial charge on any atom is 0.260 e. The first-order chi connectivity index (χ1) is 15.7. The molecule has 3 aromatic rings. The summed E-state index contributed by atoms with van der Waals surface area (Å²) in [6, 6.07) is 9.03. The van der Waals surface area contributed by atoms with Gasteiger partial charge in [0.15, 0.2) is 6.73 Å². The molecule has 1 amide bonds. The number of carbonyl (C=O) groups excluding carboxylic acids is 1. The van der Waals surface area contributed by atoms with E-state index in [4.69, 9.17) is 9.47 Å². The van der Waals surface area contributed by atoms with Crippen LogP contribution in [0.1, 0.15) is 29.6 Å². The molecule has 8 heteroatoms. The zero-order valence-electron chi connectivity index (χ0n) is 18.2. The van der Waals surface area contributed by atoms with Crippen LogP contribution in [0.25, 0.3) is 11.3 Å². The number of hydrogen-bond donors (Lipinski definition) is 0. The summed E-state index contributed by atoms with van der Waals surface area (Å²) in [5, 5.41) is 4.19. The number of carbonyl (C=O) groups is 1. The van der Waals surface area contributed by atoms with Crippen molar-refractivity contribution in [3.8, 4) is 28.5 Å². The first-order valence-corrected chi connectivity index (χ1v) is 11.1. The van der Waals surface area contributed by atoms with Gasteiger partial charge in [0.05, 0.1) is 17.5 Å². The van der Waals surface area contributed by atoms with Gasteiger partial charge in [-0.25, -0.2) is 0 Å². The van der Waals surface area contributed by atoms with Gasteiger partial charge in [0.2, 0.25) is 0 Å². The zero-order chi connectivity index (χ0) is 21.9. The van der Waals surface area contributed by atoms with Gasteiger partial charge in [-0.3, -0.25) is 14.5 Å². The van der Waals surface area contributed by atoms with Crippen LogP contribution in [0.4, 0.5) is 0 Å². The Morgan fingerprint density at radius 2 is 1.91 bits per heavy atom. The highest BCUT2D eigenvalue weighted by atomic mass is 16.5. The summed E-state index contributed by atoms with van der Waals surface area (Å²) < 4.78 is 13.6. The molecular weight excluding hydrogens is 406 g/mol. The first kappa shape index (κ1) is 20.5. The van der Waals surface area contributed by atoms with Gasteiger partial charge in [-0.2, -0.15) is 5.10 Å². The lowest BCUT2D eigenvalue weighted by molar-refractivity contribution is 0.0482. The van der Waals surface area contributed by atoms with Crippen LogP contribution in [0.2, 0.25) is 0 Å². The van der Waals surface area contributed by atoms with Crippen molar-refractivity contribution in [3.63, 3.8) is 0 Å². The maximum atomic E-state index is 13.1. The molecular formula is C24H27N5O3. The van der Waals surface area contributed by atoms with E-state index < -0.39 is 0 Å². The third-order valence-corrected chi connectivity index (χ3v) is 5.95. The van der Waals surface area contributed by atoms with Gasteiger partial charge in [-0.1, -0.05) is 6.42 Å². The number of aryl methyl sites for hydroxylation is 1. The Morgan fingerprint density at radius 1 is 1.06 bits per heavy atom. The quantitative estimate of drug-likeness (QED) is 0.592. The van der Waals surface area contributed by atoms with E-state index in [2.05, 4.69) is 15.0 Å². The van der Waals surface area contributed by atoms with E-state index in [9.17, 15) is 4.79 Å². The number of aromatic nitrogens is 3. The Bertz CT molecular complexity index is 1110. The second-order valence-corrected chi connectivity index (χ2v) is 8.28. The van der Waals surface area contributed by atoms with Crippen molar-refractivity contribution in [1.82, 2.24) is 24.6 Å². The predicted molar refractivity (Wildman–Crippen MR) is 120 cm³/mol. The molecule has 0 atom stereocenters. The molecule has 8 nitrogen and oxygen atoms in total. The Labute approximate surface area is 187 Å². The molecule has 1 fully saturated rings. The molecule has 0 radical (unpaired) electrons. The molecule has 1 aromatic carbocycles. The highest BCUT2D eigenvalue weighted by Gasteiger charge is 2.26. The Balaban J connectivity index is 1.28. The molecule has 5 rings (SSSR count). The summed E-state index contributed by atoms with van der Waals surface area (Å²) in [6.07, 6.45) is 9.15. The highest BCUT2D eigenvalue weighted by molar-refractivity contribution is 5.98. The van der Waals surface area contributed by atoms with Crippen LogP contribution in [-0.2, 0) is 7.05 Å². The molecule has 2 aromatic heterocycles. The van der Waals surface area contributed by atoms with Crippen molar-refractivity contribution in [2.75, 3.05) is 32.9 Å². The molecule has 2 aliphatic rings. The number of pyridine rings is 1. The lowest BCUT2D eigenvalue weighted by Gasteiger charge is -2.32. The fourth-order valence-corrected chi connectivity index (χ4v) is 4.18. The summed E-state index contributed by atoms with van der Waals surface area (Å²) in [7, 11) is 1.87. The van der Waals surface area contributed by atoms with E-state index in [-0.39, 0.29) is 5.91 Å². The van der Waals surface area contributed by atoms with Crippen molar-refractivity contribution in [2.45, 2.75) is 19.3 Å². The number of piperidine rings is 1. The van der Waals surface area contributed by atoms with Gasteiger partial charge in [-0.05, 0) is 50.2 Å². The molecule has 1 saturated heterocycles. The molecule has 32 heavy (non-hydrogen) atoms. The number of rotatable bonds is 6. The standard InChI is InChI=1S/C24H27N5O3/c1-27-16-18(15-26-27)22-14-20(7-8-25-22)32-19-5-6-23-21(13-19)24(30)29(17-31-23)12-11-28-9-3-2-4-10-28/h5-8,13-16H,2-4,9-12,17H2,1H3. The van der Waals surface area contributed by atoms with E-state index in [1.165, 1.54) is 19.3 Å². The van der Waals surface area contributed by atoms with Crippen LogP contribution in [0, 0.1) is 0 Å². The van der Waals surface area contributed by atoms with E-state index >= 15 is 0 Å². The molecule has 4 heterocycles. The van der Waals surface area contributed by atoms with E-state index in [0.29, 0.717) is 36.1 Å². The second-order valence-electron chi connectivity index (χ2n) is 8.28. The average Bonchev–Trinajstić information content (AvgIpc) is 3.26. The fourth-order valence-electron chi connectivity index (χ4n) is 4.18.